The van der Waals surface area contributed by atoms with Gasteiger partial charge in [0.15, 0.2) is 5.82 Å². The lowest BCUT2D eigenvalue weighted by Crippen LogP contribution is -2.52. The summed E-state index contributed by atoms with van der Waals surface area (Å²) in [5.41, 5.74) is 5.46. The van der Waals surface area contributed by atoms with Crippen molar-refractivity contribution in [2.24, 2.45) is 7.05 Å². The van der Waals surface area contributed by atoms with Gasteiger partial charge in [-0.05, 0) is 45.4 Å². The quantitative estimate of drug-likeness (QED) is 0.318. The van der Waals surface area contributed by atoms with Crippen LogP contribution in [0.1, 0.15) is 24.1 Å². The highest BCUT2D eigenvalue weighted by atomic mass is 16.2. The van der Waals surface area contributed by atoms with Crippen molar-refractivity contribution in [1.29, 1.82) is 0 Å². The molecule has 3 N–H and O–H groups in total. The van der Waals surface area contributed by atoms with Gasteiger partial charge in [-0.3, -0.25) is 19.3 Å². The lowest BCUT2D eigenvalue weighted by molar-refractivity contribution is -0.117. The van der Waals surface area contributed by atoms with Crippen molar-refractivity contribution in [3.63, 3.8) is 0 Å². The van der Waals surface area contributed by atoms with E-state index in [0.29, 0.717) is 24.4 Å². The number of amides is 1. The number of aryl methyl sites for hydroxylation is 3. The van der Waals surface area contributed by atoms with E-state index in [0.717, 1.165) is 91.2 Å². The van der Waals surface area contributed by atoms with E-state index in [1.165, 1.54) is 0 Å². The Kier molecular flexibility index (Phi) is 7.74. The summed E-state index contributed by atoms with van der Waals surface area (Å²) in [5, 5.41) is 11.8. The number of carbonyl (C=O) groups is 1. The smallest absolute Gasteiger partial charge is 0.238 e. The van der Waals surface area contributed by atoms with Crippen LogP contribution in [0.25, 0.3) is 22.2 Å². The zero-order valence-electron chi connectivity index (χ0n) is 24.4. The van der Waals surface area contributed by atoms with E-state index in [1.807, 2.05) is 56.2 Å². The fraction of sp³-hybridized carbons (Fsp3) is 0.467. The van der Waals surface area contributed by atoms with Gasteiger partial charge in [-0.2, -0.15) is 5.10 Å². The number of hydrogen-bond donors (Lipinski definition) is 3. The third kappa shape index (κ3) is 5.97. The molecule has 2 fully saturated rings. The first-order valence-electron chi connectivity index (χ1n) is 14.5. The fourth-order valence-electron chi connectivity index (χ4n) is 5.99. The van der Waals surface area contributed by atoms with E-state index < -0.39 is 0 Å². The van der Waals surface area contributed by atoms with E-state index in [4.69, 9.17) is 4.98 Å². The van der Waals surface area contributed by atoms with Crippen molar-refractivity contribution in [1.82, 2.24) is 39.4 Å². The average molecular weight is 557 g/mol. The molecule has 2 aliphatic heterocycles. The molecule has 0 radical (unpaired) electrons. The number of benzene rings is 1. The number of carbonyl (C=O) groups excluding carboxylic acids is 1. The summed E-state index contributed by atoms with van der Waals surface area (Å²) < 4.78 is 1.81. The molecule has 11 heteroatoms. The molecule has 0 aliphatic carbocycles. The van der Waals surface area contributed by atoms with Gasteiger partial charge in [0, 0.05) is 87.5 Å². The molecule has 0 spiro atoms. The Morgan fingerprint density at radius 2 is 1.85 bits per heavy atom. The Labute approximate surface area is 240 Å². The number of nitrogens with one attached hydrogen (secondary N) is 3. The highest BCUT2D eigenvalue weighted by Crippen LogP contribution is 2.33. The molecule has 0 saturated carbocycles. The van der Waals surface area contributed by atoms with Gasteiger partial charge in [0.25, 0.3) is 0 Å². The van der Waals surface area contributed by atoms with Gasteiger partial charge < -0.3 is 20.5 Å². The van der Waals surface area contributed by atoms with Crippen LogP contribution in [0.3, 0.4) is 0 Å². The second-order valence-corrected chi connectivity index (χ2v) is 11.5. The molecule has 2 aliphatic rings. The zero-order chi connectivity index (χ0) is 28.5. The van der Waals surface area contributed by atoms with Crippen LogP contribution >= 0.6 is 0 Å². The minimum Gasteiger partial charge on any atom is -0.359 e. The molecule has 11 nitrogen and oxygen atoms in total. The Morgan fingerprint density at radius 1 is 1.07 bits per heavy atom. The summed E-state index contributed by atoms with van der Waals surface area (Å²) in [6.07, 6.45) is 6.02. The number of likely N-dealkylation sites (tertiary alicyclic amines) is 1. The van der Waals surface area contributed by atoms with Crippen molar-refractivity contribution < 1.29 is 4.79 Å². The van der Waals surface area contributed by atoms with Crippen LogP contribution in [0.2, 0.25) is 0 Å². The lowest BCUT2D eigenvalue weighted by atomic mass is 10.0. The highest BCUT2D eigenvalue weighted by molar-refractivity contribution is 6.06. The van der Waals surface area contributed by atoms with Crippen molar-refractivity contribution >= 4 is 34.3 Å². The normalized spacial score (nSPS) is 17.8. The number of anilines is 3. The number of piperazine rings is 1. The first-order chi connectivity index (χ1) is 19.8. The molecule has 6 rings (SSSR count). The van der Waals surface area contributed by atoms with E-state index in [9.17, 15) is 4.79 Å². The van der Waals surface area contributed by atoms with Crippen LogP contribution < -0.4 is 10.6 Å². The topological polar surface area (TPSA) is 110 Å². The van der Waals surface area contributed by atoms with Gasteiger partial charge in [-0.1, -0.05) is 12.1 Å². The van der Waals surface area contributed by atoms with E-state index >= 15 is 0 Å². The maximum Gasteiger partial charge on any atom is 0.238 e. The molecule has 4 aromatic rings. The molecule has 216 valence electrons. The van der Waals surface area contributed by atoms with Gasteiger partial charge in [0.05, 0.1) is 23.4 Å². The van der Waals surface area contributed by atoms with Crippen LogP contribution in [-0.4, -0.2) is 104 Å². The van der Waals surface area contributed by atoms with Gasteiger partial charge in [0.1, 0.15) is 0 Å². The number of nitrogens with zero attached hydrogens (tertiary/aromatic N) is 7. The number of aromatic amines is 1. The number of H-pyrrole nitrogens is 1. The second-order valence-electron chi connectivity index (χ2n) is 11.5. The van der Waals surface area contributed by atoms with Crippen LogP contribution in [0.4, 0.5) is 17.5 Å². The molecule has 0 unspecified atom stereocenters. The number of aromatic nitrogens is 5. The van der Waals surface area contributed by atoms with E-state index in [1.54, 1.807) is 0 Å². The van der Waals surface area contributed by atoms with Crippen LogP contribution in [0.15, 0.2) is 36.7 Å². The van der Waals surface area contributed by atoms with Crippen LogP contribution in [-0.2, 0) is 11.8 Å². The summed E-state index contributed by atoms with van der Waals surface area (Å²) in [4.78, 5) is 33.1. The Morgan fingerprint density at radius 3 is 2.59 bits per heavy atom. The molecule has 3 aromatic heterocycles. The number of para-hydroxylation sites is 1. The molecule has 0 bridgehead atoms. The Balaban J connectivity index is 1.12. The summed E-state index contributed by atoms with van der Waals surface area (Å²) in [6, 6.07) is 8.57. The van der Waals surface area contributed by atoms with Crippen LogP contribution in [0, 0.1) is 13.8 Å². The third-order valence-corrected chi connectivity index (χ3v) is 8.55. The number of rotatable bonds is 7. The zero-order valence-corrected chi connectivity index (χ0v) is 24.4. The van der Waals surface area contributed by atoms with Crippen molar-refractivity contribution in [3.05, 3.63) is 47.9 Å². The maximum absolute atomic E-state index is 13.1. The number of fused-ring (bicyclic) bond motifs is 1. The summed E-state index contributed by atoms with van der Waals surface area (Å²) in [7, 11) is 4.10. The highest BCUT2D eigenvalue weighted by Gasteiger charge is 2.27. The summed E-state index contributed by atoms with van der Waals surface area (Å²) in [5.74, 6) is 1.20. The first-order valence-corrected chi connectivity index (χ1v) is 14.5. The molecule has 2 saturated heterocycles. The Hall–Kier alpha value is -3.80. The number of piperidine rings is 1. The molecule has 0 atom stereocenters. The predicted molar refractivity (Wildman–Crippen MR) is 162 cm³/mol. The molecular formula is C30H40N10O. The monoisotopic (exact) mass is 556 g/mol. The minimum atomic E-state index is 0.0158. The van der Waals surface area contributed by atoms with Crippen LogP contribution in [0.5, 0.6) is 0 Å². The second kappa shape index (κ2) is 11.6. The van der Waals surface area contributed by atoms with E-state index in [-0.39, 0.29) is 5.91 Å². The lowest BCUT2D eigenvalue weighted by Gasteiger charge is -2.41. The number of likely N-dealkylation sites (N-methyl/N-ethyl adjacent to an activating group) is 1. The minimum absolute atomic E-state index is 0.0158. The van der Waals surface area contributed by atoms with Gasteiger partial charge in [-0.15, -0.1) is 0 Å². The summed E-state index contributed by atoms with van der Waals surface area (Å²) in [6.45, 7) is 10.9. The maximum atomic E-state index is 13.1. The van der Waals surface area contributed by atoms with Gasteiger partial charge in [-0.25, -0.2) is 9.97 Å². The molecule has 1 aromatic carbocycles. The molecule has 41 heavy (non-hydrogen) atoms. The van der Waals surface area contributed by atoms with E-state index in [2.05, 4.69) is 53.5 Å². The average Bonchev–Trinajstić information content (AvgIpc) is 3.53. The first kappa shape index (κ1) is 27.4. The predicted octanol–water partition coefficient (Wildman–Crippen LogP) is 3.37. The number of hydrogen-bond acceptors (Lipinski definition) is 8. The van der Waals surface area contributed by atoms with Crippen molar-refractivity contribution in [3.8, 4) is 11.3 Å². The SMILES string of the molecule is Cc1cnc(Nc2cc(C)n(C)n2)nc1-c1c[nH]c2c(NC(=O)CN3CCC(N4CCN(C)CC4)CC3)cccc12. The third-order valence-electron chi connectivity index (χ3n) is 8.55. The standard InChI is InChI=1S/C30H40N10O/c1-20-17-32-30(34-26-16-21(2)38(4)36-26)35-28(20)24-18-31-29-23(24)6-5-7-25(29)33-27(41)19-39-10-8-22(9-11-39)40-14-12-37(3)13-15-40/h5-7,16-18,22,31H,8-15,19H2,1-4H3,(H,33,41)(H,32,34,35,36). The van der Waals surface area contributed by atoms with Gasteiger partial charge >= 0.3 is 0 Å². The molecule has 5 heterocycles. The molecular weight excluding hydrogens is 516 g/mol. The van der Waals surface area contributed by atoms with Crippen molar-refractivity contribution in [2.75, 3.05) is 63.5 Å². The van der Waals surface area contributed by atoms with Crippen molar-refractivity contribution in [2.45, 2.75) is 32.7 Å². The van der Waals surface area contributed by atoms with Gasteiger partial charge in [0.2, 0.25) is 11.9 Å². The fourth-order valence-corrected chi connectivity index (χ4v) is 5.99. The Bertz CT molecular complexity index is 1510. The summed E-state index contributed by atoms with van der Waals surface area (Å²) >= 11 is 0. The largest absolute Gasteiger partial charge is 0.359 e. The molecule has 1 amide bonds.